The van der Waals surface area contributed by atoms with Crippen LogP contribution in [0, 0.1) is 11.8 Å². The van der Waals surface area contributed by atoms with E-state index in [1.54, 1.807) is 0 Å². The molecule has 2 aliphatic rings. The molecule has 1 aromatic carbocycles. The van der Waals surface area contributed by atoms with Gasteiger partial charge in [0.1, 0.15) is 12.2 Å². The van der Waals surface area contributed by atoms with Crippen LogP contribution in [0.3, 0.4) is 0 Å². The van der Waals surface area contributed by atoms with Gasteiger partial charge < -0.3 is 9.47 Å². The lowest BCUT2D eigenvalue weighted by Crippen LogP contribution is -2.40. The van der Waals surface area contributed by atoms with E-state index in [-0.39, 0.29) is 47.8 Å². The third-order valence-electron chi connectivity index (χ3n) is 4.87. The van der Waals surface area contributed by atoms with E-state index < -0.39 is 0 Å². The number of hydrogen-bond acceptors (Lipinski definition) is 4. The van der Waals surface area contributed by atoms with Crippen molar-refractivity contribution in [3.63, 3.8) is 0 Å². The fourth-order valence-corrected chi connectivity index (χ4v) is 3.63. The second-order valence-electron chi connectivity index (χ2n) is 7.19. The molecule has 1 saturated carbocycles. The van der Waals surface area contributed by atoms with Crippen molar-refractivity contribution in [2.45, 2.75) is 58.2 Å². The normalized spacial score (nSPS) is 28.1. The average molecular weight is 316 g/mol. The molecule has 2 unspecified atom stereocenters. The minimum atomic E-state index is -0.368. The summed E-state index contributed by atoms with van der Waals surface area (Å²) in [7, 11) is 0. The summed E-state index contributed by atoms with van der Waals surface area (Å²) in [6, 6.07) is 8.21. The first-order valence-electron chi connectivity index (χ1n) is 8.40. The Hall–Kier alpha value is -1.84. The number of carbonyl (C=O) groups excluding carboxylic acids is 2. The van der Waals surface area contributed by atoms with Crippen molar-refractivity contribution < 1.29 is 19.1 Å². The van der Waals surface area contributed by atoms with E-state index >= 15 is 0 Å². The molecule has 0 aromatic heterocycles. The largest absolute Gasteiger partial charge is 0.458 e. The molecule has 0 radical (unpaired) electrons. The van der Waals surface area contributed by atoms with Crippen LogP contribution in [0.5, 0.6) is 0 Å². The third-order valence-corrected chi connectivity index (χ3v) is 4.87. The minimum Gasteiger partial charge on any atom is -0.458 e. The highest BCUT2D eigenvalue weighted by atomic mass is 16.6. The van der Waals surface area contributed by atoms with Gasteiger partial charge in [0.05, 0.1) is 11.8 Å². The smallest absolute Gasteiger partial charge is 0.308 e. The number of benzene rings is 1. The molecular weight excluding hydrogens is 292 g/mol. The van der Waals surface area contributed by atoms with Gasteiger partial charge in [-0.05, 0) is 17.5 Å². The predicted molar refractivity (Wildman–Crippen MR) is 86.0 cm³/mol. The number of hydrogen-bond donors (Lipinski definition) is 0. The van der Waals surface area contributed by atoms with Gasteiger partial charge in [0.15, 0.2) is 0 Å². The Morgan fingerprint density at radius 2 is 1.26 bits per heavy atom. The molecule has 1 aromatic rings. The molecule has 2 aliphatic carbocycles. The van der Waals surface area contributed by atoms with Crippen LogP contribution in [0.4, 0.5) is 0 Å². The van der Waals surface area contributed by atoms with E-state index in [0.717, 1.165) is 6.42 Å². The van der Waals surface area contributed by atoms with Crippen molar-refractivity contribution in [2.24, 2.45) is 11.8 Å². The summed E-state index contributed by atoms with van der Waals surface area (Å²) < 4.78 is 11.5. The van der Waals surface area contributed by atoms with Crippen molar-refractivity contribution >= 4 is 11.9 Å². The molecule has 3 rings (SSSR count). The van der Waals surface area contributed by atoms with Crippen molar-refractivity contribution in [3.8, 4) is 0 Å². The van der Waals surface area contributed by atoms with Gasteiger partial charge in [-0.3, -0.25) is 9.59 Å². The molecule has 0 spiro atoms. The van der Waals surface area contributed by atoms with Crippen LogP contribution in [0.25, 0.3) is 0 Å². The van der Waals surface area contributed by atoms with E-state index in [2.05, 4.69) is 12.1 Å². The van der Waals surface area contributed by atoms with Crippen LogP contribution in [0.15, 0.2) is 24.3 Å². The van der Waals surface area contributed by atoms with Gasteiger partial charge in [-0.25, -0.2) is 0 Å². The lowest BCUT2D eigenvalue weighted by molar-refractivity contribution is -0.171. The second-order valence-corrected chi connectivity index (χ2v) is 7.19. The molecular formula is C19H24O4. The average Bonchev–Trinajstić information content (AvgIpc) is 3.04. The van der Waals surface area contributed by atoms with Gasteiger partial charge in [-0.2, -0.15) is 0 Å². The maximum Gasteiger partial charge on any atom is 0.308 e. The van der Waals surface area contributed by atoms with E-state index in [9.17, 15) is 9.59 Å². The number of fused-ring (bicyclic) bond motifs is 5. The van der Waals surface area contributed by atoms with Crippen LogP contribution in [0.1, 0.15) is 57.1 Å². The SMILES string of the molecule is CC(C)C(=O)O[C@@H]1C2CC(c3ccccc32)[C@@H]1OC(=O)C(C)C. The molecule has 0 aliphatic heterocycles. The standard InChI is InChI=1S/C19H24O4/c1-10(2)18(20)22-16-14-9-15(13-8-6-5-7-12(13)14)17(16)23-19(21)11(3)4/h5-8,10-11,14-17H,9H2,1-4H3/t14?,15?,16-,17+. The van der Waals surface area contributed by atoms with Gasteiger partial charge in [-0.15, -0.1) is 0 Å². The zero-order valence-electron chi connectivity index (χ0n) is 14.1. The van der Waals surface area contributed by atoms with Gasteiger partial charge >= 0.3 is 11.9 Å². The van der Waals surface area contributed by atoms with Crippen molar-refractivity contribution in [1.82, 2.24) is 0 Å². The maximum atomic E-state index is 12.1. The highest BCUT2D eigenvalue weighted by molar-refractivity contribution is 5.73. The summed E-state index contributed by atoms with van der Waals surface area (Å²) in [6.07, 6.45) is 0.144. The lowest BCUT2D eigenvalue weighted by atomic mass is 9.87. The van der Waals surface area contributed by atoms with E-state index in [1.807, 2.05) is 39.8 Å². The fraction of sp³-hybridized carbons (Fsp3) is 0.579. The zero-order chi connectivity index (χ0) is 16.7. The highest BCUT2D eigenvalue weighted by Crippen LogP contribution is 2.55. The van der Waals surface area contributed by atoms with E-state index in [1.165, 1.54) is 11.1 Å². The summed E-state index contributed by atoms with van der Waals surface area (Å²) in [5.74, 6) is -0.583. The van der Waals surface area contributed by atoms with E-state index in [0.29, 0.717) is 0 Å². The number of rotatable bonds is 4. The van der Waals surface area contributed by atoms with Gasteiger partial charge in [0, 0.05) is 11.8 Å². The van der Waals surface area contributed by atoms with Crippen LogP contribution >= 0.6 is 0 Å². The summed E-state index contributed by atoms with van der Waals surface area (Å²) in [6.45, 7) is 7.27. The van der Waals surface area contributed by atoms with Crippen LogP contribution in [-0.4, -0.2) is 24.1 Å². The molecule has 124 valence electrons. The van der Waals surface area contributed by atoms with Crippen LogP contribution in [0.2, 0.25) is 0 Å². The molecule has 1 fully saturated rings. The Morgan fingerprint density at radius 3 is 1.61 bits per heavy atom. The first-order valence-corrected chi connectivity index (χ1v) is 8.40. The Bertz CT molecular complexity index is 567. The van der Waals surface area contributed by atoms with Gasteiger partial charge in [0.25, 0.3) is 0 Å². The first-order chi connectivity index (χ1) is 10.9. The predicted octanol–water partition coefficient (Wildman–Crippen LogP) is 3.41. The fourth-order valence-electron chi connectivity index (χ4n) is 3.63. The molecule has 0 amide bonds. The van der Waals surface area contributed by atoms with Crippen LogP contribution < -0.4 is 0 Å². The Labute approximate surface area is 137 Å². The first kappa shape index (κ1) is 16.0. The molecule has 4 heteroatoms. The van der Waals surface area contributed by atoms with Crippen molar-refractivity contribution in [2.75, 3.05) is 0 Å². The Morgan fingerprint density at radius 1 is 0.870 bits per heavy atom. The quantitative estimate of drug-likeness (QED) is 0.799. The summed E-state index contributed by atoms with van der Waals surface area (Å²) in [4.78, 5) is 24.2. The van der Waals surface area contributed by atoms with Gasteiger partial charge in [0.2, 0.25) is 0 Å². The van der Waals surface area contributed by atoms with Crippen LogP contribution in [-0.2, 0) is 19.1 Å². The molecule has 2 bridgehead atoms. The molecule has 0 heterocycles. The highest BCUT2D eigenvalue weighted by Gasteiger charge is 2.55. The van der Waals surface area contributed by atoms with Crippen molar-refractivity contribution in [1.29, 1.82) is 0 Å². The summed E-state index contributed by atoms with van der Waals surface area (Å²) in [5.41, 5.74) is 2.46. The number of esters is 2. The van der Waals surface area contributed by atoms with E-state index in [4.69, 9.17) is 9.47 Å². The molecule has 0 saturated heterocycles. The molecule has 4 atom stereocenters. The van der Waals surface area contributed by atoms with Crippen molar-refractivity contribution in [3.05, 3.63) is 35.4 Å². The summed E-state index contributed by atoms with van der Waals surface area (Å²) >= 11 is 0. The second kappa shape index (κ2) is 5.99. The number of ether oxygens (including phenoxy) is 2. The monoisotopic (exact) mass is 316 g/mol. The maximum absolute atomic E-state index is 12.1. The lowest BCUT2D eigenvalue weighted by Gasteiger charge is -2.32. The zero-order valence-corrected chi connectivity index (χ0v) is 14.1. The Kier molecular flexibility index (Phi) is 4.17. The Balaban J connectivity index is 1.89. The molecule has 4 nitrogen and oxygen atoms in total. The summed E-state index contributed by atoms with van der Waals surface area (Å²) in [5, 5.41) is 0. The minimum absolute atomic E-state index is 0.129. The molecule has 0 N–H and O–H groups in total. The molecule has 23 heavy (non-hydrogen) atoms. The van der Waals surface area contributed by atoms with Gasteiger partial charge in [-0.1, -0.05) is 52.0 Å². The topological polar surface area (TPSA) is 52.6 Å². The number of carbonyl (C=O) groups is 2. The third kappa shape index (κ3) is 2.75.